The Labute approximate surface area is 96.7 Å². The molecule has 0 fully saturated rings. The Balaban J connectivity index is 2.75. The first kappa shape index (κ1) is 12.6. The van der Waals surface area contributed by atoms with Gasteiger partial charge in [0.25, 0.3) is 0 Å². The summed E-state index contributed by atoms with van der Waals surface area (Å²) in [5.41, 5.74) is 1.70. The minimum atomic E-state index is 0.0168. The summed E-state index contributed by atoms with van der Waals surface area (Å²) in [5, 5.41) is 0. The smallest absolute Gasteiger partial charge is 0.165 e. The number of hydrogen-bond acceptors (Lipinski definition) is 2. The SMILES string of the molecule is CCC(=O)Cc1ccc(C(=O)C(C)C)cc1. The van der Waals surface area contributed by atoms with Crippen molar-refractivity contribution < 1.29 is 9.59 Å². The predicted octanol–water partition coefficient (Wildman–Crippen LogP) is 3.05. The fourth-order valence-corrected chi connectivity index (χ4v) is 1.47. The van der Waals surface area contributed by atoms with Crippen molar-refractivity contribution in [2.75, 3.05) is 0 Å². The molecule has 86 valence electrons. The van der Waals surface area contributed by atoms with Crippen LogP contribution in [-0.4, -0.2) is 11.6 Å². The molecule has 0 aliphatic carbocycles. The summed E-state index contributed by atoms with van der Waals surface area (Å²) >= 11 is 0. The number of hydrogen-bond donors (Lipinski definition) is 0. The molecule has 0 radical (unpaired) electrons. The molecule has 1 rings (SSSR count). The lowest BCUT2D eigenvalue weighted by molar-refractivity contribution is -0.118. The van der Waals surface area contributed by atoms with E-state index in [0.717, 1.165) is 11.1 Å². The third-order valence-electron chi connectivity index (χ3n) is 2.56. The third kappa shape index (κ3) is 3.30. The van der Waals surface area contributed by atoms with Crippen LogP contribution in [0, 0.1) is 5.92 Å². The van der Waals surface area contributed by atoms with Crippen molar-refractivity contribution in [3.63, 3.8) is 0 Å². The second kappa shape index (κ2) is 5.59. The molecule has 0 saturated heterocycles. The van der Waals surface area contributed by atoms with Gasteiger partial charge in [-0.05, 0) is 5.56 Å². The van der Waals surface area contributed by atoms with Crippen LogP contribution in [0.25, 0.3) is 0 Å². The predicted molar refractivity (Wildman–Crippen MR) is 64.6 cm³/mol. The maximum atomic E-state index is 11.7. The van der Waals surface area contributed by atoms with Crippen LogP contribution in [0.2, 0.25) is 0 Å². The molecular weight excluding hydrogens is 200 g/mol. The fraction of sp³-hybridized carbons (Fsp3) is 0.429. The molecule has 0 atom stereocenters. The first-order chi connectivity index (χ1) is 7.54. The van der Waals surface area contributed by atoms with E-state index in [4.69, 9.17) is 0 Å². The second-order valence-electron chi connectivity index (χ2n) is 4.28. The molecular formula is C14H18O2. The normalized spacial score (nSPS) is 10.5. The highest BCUT2D eigenvalue weighted by molar-refractivity contribution is 5.97. The lowest BCUT2D eigenvalue weighted by Crippen LogP contribution is -2.07. The summed E-state index contributed by atoms with van der Waals surface area (Å²) in [4.78, 5) is 22.9. The van der Waals surface area contributed by atoms with E-state index in [-0.39, 0.29) is 17.5 Å². The zero-order chi connectivity index (χ0) is 12.1. The Hall–Kier alpha value is -1.44. The molecule has 1 aromatic carbocycles. The zero-order valence-electron chi connectivity index (χ0n) is 10.1. The van der Waals surface area contributed by atoms with Gasteiger partial charge in [0.05, 0.1) is 0 Å². The molecule has 0 saturated carbocycles. The van der Waals surface area contributed by atoms with Gasteiger partial charge in [-0.3, -0.25) is 9.59 Å². The average Bonchev–Trinajstić information content (AvgIpc) is 2.28. The van der Waals surface area contributed by atoms with Crippen LogP contribution < -0.4 is 0 Å². The number of benzene rings is 1. The summed E-state index contributed by atoms with van der Waals surface area (Å²) in [6.45, 7) is 5.63. The van der Waals surface area contributed by atoms with Gasteiger partial charge >= 0.3 is 0 Å². The Kier molecular flexibility index (Phi) is 4.41. The van der Waals surface area contributed by atoms with Crippen LogP contribution in [0.15, 0.2) is 24.3 Å². The molecule has 0 bridgehead atoms. The van der Waals surface area contributed by atoms with Crippen LogP contribution in [-0.2, 0) is 11.2 Å². The zero-order valence-corrected chi connectivity index (χ0v) is 10.1. The lowest BCUT2D eigenvalue weighted by Gasteiger charge is -2.05. The quantitative estimate of drug-likeness (QED) is 0.712. The van der Waals surface area contributed by atoms with Crippen molar-refractivity contribution in [2.45, 2.75) is 33.6 Å². The van der Waals surface area contributed by atoms with Gasteiger partial charge in [-0.15, -0.1) is 0 Å². The van der Waals surface area contributed by atoms with Crippen LogP contribution in [0.1, 0.15) is 43.1 Å². The van der Waals surface area contributed by atoms with Gasteiger partial charge in [0.1, 0.15) is 5.78 Å². The molecule has 0 unspecified atom stereocenters. The van der Waals surface area contributed by atoms with Crippen molar-refractivity contribution in [3.05, 3.63) is 35.4 Å². The van der Waals surface area contributed by atoms with Gasteiger partial charge in [-0.1, -0.05) is 45.0 Å². The summed E-state index contributed by atoms with van der Waals surface area (Å²) in [6.07, 6.45) is 1.03. The topological polar surface area (TPSA) is 34.1 Å². The van der Waals surface area contributed by atoms with Crippen LogP contribution >= 0.6 is 0 Å². The number of carbonyl (C=O) groups excluding carboxylic acids is 2. The van der Waals surface area contributed by atoms with E-state index in [0.29, 0.717) is 12.8 Å². The molecule has 16 heavy (non-hydrogen) atoms. The second-order valence-corrected chi connectivity index (χ2v) is 4.28. The van der Waals surface area contributed by atoms with E-state index in [1.54, 1.807) is 12.1 Å². The third-order valence-corrected chi connectivity index (χ3v) is 2.56. The Morgan fingerprint density at radius 1 is 1.12 bits per heavy atom. The molecule has 0 aliphatic heterocycles. The number of carbonyl (C=O) groups is 2. The molecule has 0 N–H and O–H groups in total. The van der Waals surface area contributed by atoms with E-state index in [1.807, 2.05) is 32.9 Å². The Bertz CT molecular complexity index is 374. The average molecular weight is 218 g/mol. The van der Waals surface area contributed by atoms with Gasteiger partial charge < -0.3 is 0 Å². The first-order valence-corrected chi connectivity index (χ1v) is 5.69. The minimum absolute atomic E-state index is 0.0168. The maximum Gasteiger partial charge on any atom is 0.165 e. The first-order valence-electron chi connectivity index (χ1n) is 5.69. The largest absolute Gasteiger partial charge is 0.299 e. The van der Waals surface area contributed by atoms with Gasteiger partial charge in [0.15, 0.2) is 5.78 Å². The molecule has 0 heterocycles. The number of ketones is 2. The van der Waals surface area contributed by atoms with Crippen molar-refractivity contribution in [1.29, 1.82) is 0 Å². The minimum Gasteiger partial charge on any atom is -0.299 e. The summed E-state index contributed by atoms with van der Waals surface area (Å²) in [5.74, 6) is 0.388. The van der Waals surface area contributed by atoms with Crippen LogP contribution in [0.5, 0.6) is 0 Å². The highest BCUT2D eigenvalue weighted by Gasteiger charge is 2.10. The van der Waals surface area contributed by atoms with Crippen molar-refractivity contribution in [1.82, 2.24) is 0 Å². The van der Waals surface area contributed by atoms with E-state index in [9.17, 15) is 9.59 Å². The molecule has 0 spiro atoms. The lowest BCUT2D eigenvalue weighted by atomic mass is 9.99. The van der Waals surface area contributed by atoms with Gasteiger partial charge in [-0.2, -0.15) is 0 Å². The Morgan fingerprint density at radius 2 is 1.69 bits per heavy atom. The maximum absolute atomic E-state index is 11.7. The number of Topliss-reactive ketones (excluding diaryl/α,β-unsaturated/α-hetero) is 2. The van der Waals surface area contributed by atoms with Crippen molar-refractivity contribution >= 4 is 11.6 Å². The van der Waals surface area contributed by atoms with Crippen LogP contribution in [0.3, 0.4) is 0 Å². The van der Waals surface area contributed by atoms with Gasteiger partial charge in [0, 0.05) is 24.3 Å². The van der Waals surface area contributed by atoms with E-state index >= 15 is 0 Å². The van der Waals surface area contributed by atoms with Gasteiger partial charge in [-0.25, -0.2) is 0 Å². The van der Waals surface area contributed by atoms with Crippen LogP contribution in [0.4, 0.5) is 0 Å². The van der Waals surface area contributed by atoms with E-state index < -0.39 is 0 Å². The monoisotopic (exact) mass is 218 g/mol. The molecule has 0 aromatic heterocycles. The molecule has 0 aliphatic rings. The summed E-state index contributed by atoms with van der Waals surface area (Å²) in [6, 6.07) is 7.34. The highest BCUT2D eigenvalue weighted by atomic mass is 16.1. The van der Waals surface area contributed by atoms with Crippen molar-refractivity contribution in [2.24, 2.45) is 5.92 Å². The Morgan fingerprint density at radius 3 is 2.12 bits per heavy atom. The molecule has 2 nitrogen and oxygen atoms in total. The molecule has 0 amide bonds. The highest BCUT2D eigenvalue weighted by Crippen LogP contribution is 2.11. The fourth-order valence-electron chi connectivity index (χ4n) is 1.47. The molecule has 1 aromatic rings. The molecule has 2 heteroatoms. The van der Waals surface area contributed by atoms with Gasteiger partial charge in [0.2, 0.25) is 0 Å². The van der Waals surface area contributed by atoms with Crippen molar-refractivity contribution in [3.8, 4) is 0 Å². The van der Waals surface area contributed by atoms with E-state index in [1.165, 1.54) is 0 Å². The summed E-state index contributed by atoms with van der Waals surface area (Å²) < 4.78 is 0. The number of rotatable bonds is 5. The van der Waals surface area contributed by atoms with E-state index in [2.05, 4.69) is 0 Å². The summed E-state index contributed by atoms with van der Waals surface area (Å²) in [7, 11) is 0. The standard InChI is InChI=1S/C14H18O2/c1-4-13(15)9-11-5-7-12(8-6-11)14(16)10(2)3/h5-8,10H,4,9H2,1-3H3.